The summed E-state index contributed by atoms with van der Waals surface area (Å²) < 4.78 is 5.08. The minimum atomic E-state index is -0.0662. The standard InChI is InChI=1S/C9H18N2O2/c1-2-13-6-3-8(12)11-9(7-10)4-5-9/h2-7,10H2,1H3,(H,11,12). The molecule has 1 saturated carbocycles. The van der Waals surface area contributed by atoms with Crippen LogP contribution in [0.15, 0.2) is 0 Å². The number of nitrogens with one attached hydrogen (secondary N) is 1. The van der Waals surface area contributed by atoms with Crippen LogP contribution >= 0.6 is 0 Å². The van der Waals surface area contributed by atoms with Gasteiger partial charge in [-0.05, 0) is 19.8 Å². The van der Waals surface area contributed by atoms with Gasteiger partial charge >= 0.3 is 0 Å². The first-order valence-corrected chi connectivity index (χ1v) is 4.81. The highest BCUT2D eigenvalue weighted by molar-refractivity contribution is 5.77. The predicted octanol–water partition coefficient (Wildman–Crippen LogP) is 0.0205. The monoisotopic (exact) mass is 186 g/mol. The molecule has 13 heavy (non-hydrogen) atoms. The minimum absolute atomic E-state index is 0.0522. The summed E-state index contributed by atoms with van der Waals surface area (Å²) in [7, 11) is 0. The van der Waals surface area contributed by atoms with Crippen LogP contribution in [0.3, 0.4) is 0 Å². The molecule has 0 aromatic carbocycles. The van der Waals surface area contributed by atoms with Crippen LogP contribution < -0.4 is 11.1 Å². The Balaban J connectivity index is 2.11. The molecule has 0 aromatic heterocycles. The molecule has 0 radical (unpaired) electrons. The van der Waals surface area contributed by atoms with E-state index in [1.54, 1.807) is 0 Å². The van der Waals surface area contributed by atoms with E-state index in [0.717, 1.165) is 12.8 Å². The second-order valence-corrected chi connectivity index (χ2v) is 3.48. The van der Waals surface area contributed by atoms with E-state index in [1.165, 1.54) is 0 Å². The predicted molar refractivity (Wildman–Crippen MR) is 50.3 cm³/mol. The highest BCUT2D eigenvalue weighted by atomic mass is 16.5. The molecule has 3 N–H and O–H groups in total. The molecule has 1 rings (SSSR count). The Bertz CT molecular complexity index is 178. The Morgan fingerprint density at radius 1 is 1.62 bits per heavy atom. The normalized spacial score (nSPS) is 18.3. The van der Waals surface area contributed by atoms with Crippen LogP contribution in [0, 0.1) is 0 Å². The third kappa shape index (κ3) is 3.32. The van der Waals surface area contributed by atoms with Gasteiger partial charge in [-0.25, -0.2) is 0 Å². The highest BCUT2D eigenvalue weighted by Gasteiger charge is 2.42. The maximum atomic E-state index is 11.3. The Labute approximate surface area is 78.8 Å². The quantitative estimate of drug-likeness (QED) is 0.575. The third-order valence-corrected chi connectivity index (χ3v) is 2.33. The van der Waals surface area contributed by atoms with E-state index < -0.39 is 0 Å². The van der Waals surface area contributed by atoms with Gasteiger partial charge < -0.3 is 15.8 Å². The third-order valence-electron chi connectivity index (χ3n) is 2.33. The van der Waals surface area contributed by atoms with Gasteiger partial charge in [-0.1, -0.05) is 0 Å². The fourth-order valence-electron chi connectivity index (χ4n) is 1.20. The molecule has 1 aliphatic rings. The molecular weight excluding hydrogens is 168 g/mol. The van der Waals surface area contributed by atoms with Gasteiger partial charge in [-0.15, -0.1) is 0 Å². The van der Waals surface area contributed by atoms with E-state index in [-0.39, 0.29) is 11.4 Å². The second kappa shape index (κ2) is 4.58. The van der Waals surface area contributed by atoms with Crippen molar-refractivity contribution < 1.29 is 9.53 Å². The van der Waals surface area contributed by atoms with Crippen LogP contribution in [0.1, 0.15) is 26.2 Å². The van der Waals surface area contributed by atoms with Crippen molar-refractivity contribution in [1.29, 1.82) is 0 Å². The molecule has 1 aliphatic carbocycles. The zero-order valence-electron chi connectivity index (χ0n) is 8.14. The number of carbonyl (C=O) groups excluding carboxylic acids is 1. The summed E-state index contributed by atoms with van der Waals surface area (Å²) in [4.78, 5) is 11.3. The maximum Gasteiger partial charge on any atom is 0.222 e. The second-order valence-electron chi connectivity index (χ2n) is 3.48. The molecule has 0 unspecified atom stereocenters. The smallest absolute Gasteiger partial charge is 0.222 e. The van der Waals surface area contributed by atoms with E-state index in [9.17, 15) is 4.79 Å². The van der Waals surface area contributed by atoms with Crippen LogP contribution in [0.4, 0.5) is 0 Å². The molecule has 0 atom stereocenters. The number of nitrogens with two attached hydrogens (primary N) is 1. The summed E-state index contributed by atoms with van der Waals surface area (Å²) in [6.07, 6.45) is 2.48. The van der Waals surface area contributed by atoms with Crippen LogP contribution in [0.2, 0.25) is 0 Å². The fraction of sp³-hybridized carbons (Fsp3) is 0.889. The van der Waals surface area contributed by atoms with Crippen molar-refractivity contribution in [3.63, 3.8) is 0 Å². The summed E-state index contributed by atoms with van der Waals surface area (Å²) in [6.45, 7) is 3.63. The topological polar surface area (TPSA) is 64.3 Å². The van der Waals surface area contributed by atoms with E-state index in [1.807, 2.05) is 6.92 Å². The molecule has 0 aliphatic heterocycles. The van der Waals surface area contributed by atoms with Crippen molar-refractivity contribution in [1.82, 2.24) is 5.32 Å². The van der Waals surface area contributed by atoms with Crippen molar-refractivity contribution in [2.75, 3.05) is 19.8 Å². The molecule has 0 bridgehead atoms. The van der Waals surface area contributed by atoms with Gasteiger partial charge in [0.25, 0.3) is 0 Å². The Morgan fingerprint density at radius 3 is 2.77 bits per heavy atom. The first-order valence-electron chi connectivity index (χ1n) is 4.81. The van der Waals surface area contributed by atoms with Crippen molar-refractivity contribution in [3.8, 4) is 0 Å². The fourth-order valence-corrected chi connectivity index (χ4v) is 1.20. The SMILES string of the molecule is CCOCCC(=O)NC1(CN)CC1. The number of rotatable bonds is 6. The zero-order valence-corrected chi connectivity index (χ0v) is 8.14. The van der Waals surface area contributed by atoms with Crippen molar-refractivity contribution >= 4 is 5.91 Å². The largest absolute Gasteiger partial charge is 0.381 e. The van der Waals surface area contributed by atoms with Crippen LogP contribution in [-0.4, -0.2) is 31.2 Å². The van der Waals surface area contributed by atoms with Crippen molar-refractivity contribution in [2.24, 2.45) is 5.73 Å². The highest BCUT2D eigenvalue weighted by Crippen LogP contribution is 2.33. The average molecular weight is 186 g/mol. The lowest BCUT2D eigenvalue weighted by Gasteiger charge is -2.14. The van der Waals surface area contributed by atoms with E-state index in [2.05, 4.69) is 5.32 Å². The van der Waals surface area contributed by atoms with E-state index in [4.69, 9.17) is 10.5 Å². The average Bonchev–Trinajstić information content (AvgIpc) is 2.86. The summed E-state index contributed by atoms with van der Waals surface area (Å²) in [5.74, 6) is 0.0522. The molecule has 4 nitrogen and oxygen atoms in total. The number of hydrogen-bond donors (Lipinski definition) is 2. The first-order chi connectivity index (χ1) is 6.22. The van der Waals surface area contributed by atoms with Gasteiger partial charge in [0.15, 0.2) is 0 Å². The molecule has 0 aromatic rings. The Morgan fingerprint density at radius 2 is 2.31 bits per heavy atom. The summed E-state index contributed by atoms with van der Waals surface area (Å²) in [6, 6.07) is 0. The van der Waals surface area contributed by atoms with Crippen LogP contribution in [0.5, 0.6) is 0 Å². The number of carbonyl (C=O) groups is 1. The maximum absolute atomic E-state index is 11.3. The Hall–Kier alpha value is -0.610. The van der Waals surface area contributed by atoms with Crippen LogP contribution in [-0.2, 0) is 9.53 Å². The van der Waals surface area contributed by atoms with Gasteiger partial charge in [0.2, 0.25) is 5.91 Å². The molecule has 76 valence electrons. The van der Waals surface area contributed by atoms with Crippen molar-refractivity contribution in [3.05, 3.63) is 0 Å². The summed E-state index contributed by atoms with van der Waals surface area (Å²) >= 11 is 0. The van der Waals surface area contributed by atoms with Gasteiger partial charge in [0.1, 0.15) is 0 Å². The van der Waals surface area contributed by atoms with Gasteiger partial charge in [0.05, 0.1) is 12.1 Å². The molecule has 1 fully saturated rings. The summed E-state index contributed by atoms with van der Waals surface area (Å²) in [5, 5.41) is 2.93. The number of amides is 1. The molecular formula is C9H18N2O2. The van der Waals surface area contributed by atoms with Crippen molar-refractivity contribution in [2.45, 2.75) is 31.7 Å². The molecule has 1 amide bonds. The van der Waals surface area contributed by atoms with Gasteiger partial charge in [-0.3, -0.25) is 4.79 Å². The minimum Gasteiger partial charge on any atom is -0.381 e. The molecule has 0 spiro atoms. The molecule has 4 heteroatoms. The molecule has 0 heterocycles. The first kappa shape index (κ1) is 10.5. The lowest BCUT2D eigenvalue weighted by atomic mass is 10.2. The van der Waals surface area contributed by atoms with Gasteiger partial charge in [0, 0.05) is 19.6 Å². The van der Waals surface area contributed by atoms with Gasteiger partial charge in [-0.2, -0.15) is 0 Å². The van der Waals surface area contributed by atoms with E-state index >= 15 is 0 Å². The zero-order chi connectivity index (χ0) is 9.73. The summed E-state index contributed by atoms with van der Waals surface area (Å²) in [5.41, 5.74) is 5.46. The lowest BCUT2D eigenvalue weighted by molar-refractivity contribution is -0.123. The number of hydrogen-bond acceptors (Lipinski definition) is 3. The van der Waals surface area contributed by atoms with Crippen LogP contribution in [0.25, 0.3) is 0 Å². The lowest BCUT2D eigenvalue weighted by Crippen LogP contribution is -2.42. The Kier molecular flexibility index (Phi) is 3.69. The van der Waals surface area contributed by atoms with E-state index in [0.29, 0.717) is 26.2 Å². The number of ether oxygens (including phenoxy) is 1. The molecule has 0 saturated heterocycles.